The predicted molar refractivity (Wildman–Crippen MR) is 78.5 cm³/mol. The molecule has 0 saturated carbocycles. The molecule has 0 saturated heterocycles. The van der Waals surface area contributed by atoms with Crippen LogP contribution in [0.1, 0.15) is 5.56 Å². The molecule has 1 aliphatic rings. The van der Waals surface area contributed by atoms with Crippen molar-refractivity contribution in [3.8, 4) is 0 Å². The number of hydrogen-bond donors (Lipinski definition) is 2. The van der Waals surface area contributed by atoms with Crippen LogP contribution in [0.2, 0.25) is 0 Å². The van der Waals surface area contributed by atoms with E-state index in [4.69, 9.17) is 5.73 Å². The number of rotatable bonds is 4. The number of benzene rings is 1. The highest BCUT2D eigenvalue weighted by Gasteiger charge is 2.30. The number of anilines is 1. The molecule has 1 aliphatic heterocycles. The maximum Gasteiger partial charge on any atom is 0.274 e. The van der Waals surface area contributed by atoms with Crippen molar-refractivity contribution in [1.29, 1.82) is 0 Å². The summed E-state index contributed by atoms with van der Waals surface area (Å²) in [6, 6.07) is 4.63. The highest BCUT2D eigenvalue weighted by molar-refractivity contribution is 5.99. The van der Waals surface area contributed by atoms with Gasteiger partial charge in [0.05, 0.1) is 29.3 Å². The summed E-state index contributed by atoms with van der Waals surface area (Å²) in [5, 5.41) is 13.3. The molecule has 1 heterocycles. The molecular formula is C12H15ClN4O4. The van der Waals surface area contributed by atoms with E-state index in [9.17, 15) is 19.7 Å². The van der Waals surface area contributed by atoms with Crippen molar-refractivity contribution in [3.63, 3.8) is 0 Å². The summed E-state index contributed by atoms with van der Waals surface area (Å²) < 4.78 is 0. The van der Waals surface area contributed by atoms with Crippen LogP contribution in [-0.4, -0.2) is 36.4 Å². The Morgan fingerprint density at radius 2 is 2.14 bits per heavy atom. The standard InChI is InChI=1S/C12H14N4O4.ClH/c13-6-11(17)14-7-12(18)15-5-4-8-9(15)2-1-3-10(8)16(19)20;/h1-3H,4-7,13H2,(H,14,17);1H. The van der Waals surface area contributed by atoms with E-state index in [1.807, 2.05) is 0 Å². The third-order valence-electron chi connectivity index (χ3n) is 3.12. The average molecular weight is 315 g/mol. The molecule has 0 fully saturated rings. The van der Waals surface area contributed by atoms with E-state index in [2.05, 4.69) is 5.32 Å². The number of carbonyl (C=O) groups is 2. The third kappa shape index (κ3) is 3.47. The molecule has 0 spiro atoms. The number of hydrogen-bond acceptors (Lipinski definition) is 5. The molecule has 1 aromatic carbocycles. The molecule has 8 nitrogen and oxygen atoms in total. The van der Waals surface area contributed by atoms with Crippen molar-refractivity contribution in [3.05, 3.63) is 33.9 Å². The van der Waals surface area contributed by atoms with Crippen molar-refractivity contribution < 1.29 is 14.5 Å². The predicted octanol–water partition coefficient (Wildman–Crippen LogP) is -0.0194. The van der Waals surface area contributed by atoms with Gasteiger partial charge in [-0.15, -0.1) is 12.4 Å². The molecule has 2 amide bonds. The number of nitro groups is 1. The Morgan fingerprint density at radius 3 is 2.76 bits per heavy atom. The van der Waals surface area contributed by atoms with Gasteiger partial charge in [0.2, 0.25) is 11.8 Å². The molecule has 0 aromatic heterocycles. The molecule has 0 atom stereocenters. The van der Waals surface area contributed by atoms with E-state index in [0.717, 1.165) is 0 Å². The molecule has 9 heteroatoms. The Morgan fingerprint density at radius 1 is 1.43 bits per heavy atom. The maximum absolute atomic E-state index is 12.0. The summed E-state index contributed by atoms with van der Waals surface area (Å²) in [5.74, 6) is -0.733. The summed E-state index contributed by atoms with van der Waals surface area (Å²) >= 11 is 0. The fourth-order valence-corrected chi connectivity index (χ4v) is 2.19. The zero-order valence-electron chi connectivity index (χ0n) is 11.1. The lowest BCUT2D eigenvalue weighted by molar-refractivity contribution is -0.385. The molecule has 0 unspecified atom stereocenters. The summed E-state index contributed by atoms with van der Waals surface area (Å²) in [4.78, 5) is 34.9. The molecule has 2 rings (SSSR count). The van der Waals surface area contributed by atoms with E-state index in [1.54, 1.807) is 12.1 Å². The van der Waals surface area contributed by atoms with E-state index in [0.29, 0.717) is 24.2 Å². The first-order chi connectivity index (χ1) is 9.54. The molecule has 3 N–H and O–H groups in total. The molecule has 0 radical (unpaired) electrons. The van der Waals surface area contributed by atoms with Gasteiger partial charge in [0, 0.05) is 12.6 Å². The topological polar surface area (TPSA) is 119 Å². The Labute approximate surface area is 126 Å². The average Bonchev–Trinajstić information content (AvgIpc) is 2.87. The van der Waals surface area contributed by atoms with Gasteiger partial charge in [-0.05, 0) is 12.5 Å². The van der Waals surface area contributed by atoms with Crippen molar-refractivity contribution >= 4 is 35.6 Å². The number of halogens is 1. The zero-order valence-corrected chi connectivity index (χ0v) is 11.9. The normalized spacial score (nSPS) is 12.3. The van der Waals surface area contributed by atoms with E-state index in [1.165, 1.54) is 11.0 Å². The second-order valence-corrected chi connectivity index (χ2v) is 4.31. The smallest absolute Gasteiger partial charge is 0.274 e. The first kappa shape index (κ1) is 16.9. The van der Waals surface area contributed by atoms with Gasteiger partial charge in [-0.2, -0.15) is 0 Å². The largest absolute Gasteiger partial charge is 0.346 e. The molecule has 0 bridgehead atoms. The fourth-order valence-electron chi connectivity index (χ4n) is 2.19. The lowest BCUT2D eigenvalue weighted by Crippen LogP contribution is -2.41. The molecule has 21 heavy (non-hydrogen) atoms. The number of nitrogens with two attached hydrogens (primary N) is 1. The lowest BCUT2D eigenvalue weighted by atomic mass is 10.1. The Hall–Kier alpha value is -2.19. The number of fused-ring (bicyclic) bond motifs is 1. The maximum atomic E-state index is 12.0. The van der Waals surface area contributed by atoms with Gasteiger partial charge in [-0.1, -0.05) is 6.07 Å². The second-order valence-electron chi connectivity index (χ2n) is 4.31. The monoisotopic (exact) mass is 314 g/mol. The molecular weight excluding hydrogens is 300 g/mol. The van der Waals surface area contributed by atoms with Gasteiger partial charge in [-0.25, -0.2) is 0 Å². The summed E-state index contributed by atoms with van der Waals surface area (Å²) in [6.45, 7) is 0.0189. The van der Waals surface area contributed by atoms with E-state index >= 15 is 0 Å². The van der Waals surface area contributed by atoms with Gasteiger partial charge in [0.15, 0.2) is 0 Å². The van der Waals surface area contributed by atoms with Crippen LogP contribution in [0.3, 0.4) is 0 Å². The Balaban J connectivity index is 0.00000220. The van der Waals surface area contributed by atoms with Crippen LogP contribution in [0.25, 0.3) is 0 Å². The number of carbonyl (C=O) groups excluding carboxylic acids is 2. The highest BCUT2D eigenvalue weighted by atomic mass is 35.5. The first-order valence-corrected chi connectivity index (χ1v) is 6.08. The molecule has 1 aromatic rings. The lowest BCUT2D eigenvalue weighted by Gasteiger charge is -2.17. The third-order valence-corrected chi connectivity index (χ3v) is 3.12. The van der Waals surface area contributed by atoms with Crippen LogP contribution >= 0.6 is 12.4 Å². The minimum atomic E-state index is -0.455. The van der Waals surface area contributed by atoms with Crippen LogP contribution < -0.4 is 16.0 Å². The van der Waals surface area contributed by atoms with Gasteiger partial charge >= 0.3 is 0 Å². The number of nitrogens with zero attached hydrogens (tertiary/aromatic N) is 2. The minimum absolute atomic E-state index is 0. The molecule has 114 valence electrons. The second kappa shape index (κ2) is 7.00. The first-order valence-electron chi connectivity index (χ1n) is 6.08. The quantitative estimate of drug-likeness (QED) is 0.598. The van der Waals surface area contributed by atoms with Crippen LogP contribution in [0.4, 0.5) is 11.4 Å². The fraction of sp³-hybridized carbons (Fsp3) is 0.333. The molecule has 0 aliphatic carbocycles. The minimum Gasteiger partial charge on any atom is -0.346 e. The SMILES string of the molecule is Cl.NCC(=O)NCC(=O)N1CCc2c1cccc2[N+](=O)[O-]. The number of nitrogens with one attached hydrogen (secondary N) is 1. The number of nitro benzene ring substituents is 1. The Bertz CT molecular complexity index is 578. The summed E-state index contributed by atoms with van der Waals surface area (Å²) in [7, 11) is 0. The zero-order chi connectivity index (χ0) is 14.7. The Kier molecular flexibility index (Phi) is 5.62. The highest BCUT2D eigenvalue weighted by Crippen LogP contribution is 2.34. The summed E-state index contributed by atoms with van der Waals surface area (Å²) in [6.07, 6.45) is 0.434. The van der Waals surface area contributed by atoms with Gasteiger partial charge < -0.3 is 16.0 Å². The van der Waals surface area contributed by atoms with Crippen LogP contribution in [0, 0.1) is 10.1 Å². The van der Waals surface area contributed by atoms with Crippen LogP contribution in [0.5, 0.6) is 0 Å². The number of amides is 2. The van der Waals surface area contributed by atoms with Crippen molar-refractivity contribution in [2.75, 3.05) is 24.5 Å². The van der Waals surface area contributed by atoms with Gasteiger partial charge in [0.1, 0.15) is 0 Å². The van der Waals surface area contributed by atoms with Crippen molar-refractivity contribution in [1.82, 2.24) is 5.32 Å². The van der Waals surface area contributed by atoms with Gasteiger partial charge in [0.25, 0.3) is 5.69 Å². The van der Waals surface area contributed by atoms with Gasteiger partial charge in [-0.3, -0.25) is 19.7 Å². The van der Waals surface area contributed by atoms with Crippen LogP contribution in [-0.2, 0) is 16.0 Å². The van der Waals surface area contributed by atoms with E-state index < -0.39 is 10.8 Å². The van der Waals surface area contributed by atoms with Crippen molar-refractivity contribution in [2.24, 2.45) is 5.73 Å². The van der Waals surface area contributed by atoms with E-state index in [-0.39, 0.29) is 37.1 Å². The van der Waals surface area contributed by atoms with Crippen LogP contribution in [0.15, 0.2) is 18.2 Å². The summed E-state index contributed by atoms with van der Waals surface area (Å²) in [5.41, 5.74) is 6.23. The van der Waals surface area contributed by atoms with Crippen molar-refractivity contribution in [2.45, 2.75) is 6.42 Å².